The van der Waals surface area contributed by atoms with Gasteiger partial charge in [-0.3, -0.25) is 9.59 Å². The van der Waals surface area contributed by atoms with Crippen LogP contribution in [0.25, 0.3) is 0 Å². The smallest absolute Gasteiger partial charge is 0.325 e. The van der Waals surface area contributed by atoms with Crippen LogP contribution >= 0.6 is 0 Å². The molecule has 0 bridgehead atoms. The third-order valence-corrected chi connectivity index (χ3v) is 3.02. The van der Waals surface area contributed by atoms with E-state index in [0.29, 0.717) is 11.5 Å². The van der Waals surface area contributed by atoms with Gasteiger partial charge in [-0.2, -0.15) is 0 Å². The Balaban J connectivity index is 1.89. The summed E-state index contributed by atoms with van der Waals surface area (Å²) in [5.41, 5.74) is 0.423. The third kappa shape index (κ3) is 3.98. The van der Waals surface area contributed by atoms with E-state index in [1.54, 1.807) is 24.3 Å². The van der Waals surface area contributed by atoms with Gasteiger partial charge in [-0.1, -0.05) is 0 Å². The Kier molecular flexibility index (Phi) is 4.04. The van der Waals surface area contributed by atoms with E-state index in [-0.39, 0.29) is 0 Å². The second-order valence-corrected chi connectivity index (χ2v) is 4.81. The lowest BCUT2D eigenvalue weighted by atomic mass is 10.2. The van der Waals surface area contributed by atoms with E-state index in [4.69, 9.17) is 9.84 Å². The summed E-state index contributed by atoms with van der Waals surface area (Å²) in [5.74, 6) is -0.0458. The first-order valence-corrected chi connectivity index (χ1v) is 6.33. The number of carboxylic acids is 1. The fourth-order valence-corrected chi connectivity index (χ4v) is 1.54. The van der Waals surface area contributed by atoms with Crippen LogP contribution in [-0.2, 0) is 4.79 Å². The average molecular weight is 263 g/mol. The molecular formula is C14H17NO4. The van der Waals surface area contributed by atoms with Gasteiger partial charge in [0.15, 0.2) is 0 Å². The zero-order valence-corrected chi connectivity index (χ0v) is 10.8. The summed E-state index contributed by atoms with van der Waals surface area (Å²) in [7, 11) is 0. The SMILES string of the molecule is C[C@@H](NC(=O)c1ccc(OCC2CC2)cc1)C(=O)O. The number of carboxylic acid groups (broad SMARTS) is 1. The largest absolute Gasteiger partial charge is 0.493 e. The van der Waals surface area contributed by atoms with Gasteiger partial charge in [0.25, 0.3) is 5.91 Å². The Bertz CT molecular complexity index is 465. The molecule has 5 heteroatoms. The second kappa shape index (κ2) is 5.73. The van der Waals surface area contributed by atoms with Crippen LogP contribution in [0.15, 0.2) is 24.3 Å². The molecule has 0 heterocycles. The average Bonchev–Trinajstić information content (AvgIpc) is 3.20. The van der Waals surface area contributed by atoms with Gasteiger partial charge in [0.05, 0.1) is 6.61 Å². The van der Waals surface area contributed by atoms with Crippen LogP contribution in [0.3, 0.4) is 0 Å². The maximum absolute atomic E-state index is 11.7. The van der Waals surface area contributed by atoms with Crippen molar-refractivity contribution in [2.24, 2.45) is 5.92 Å². The molecule has 2 rings (SSSR count). The van der Waals surface area contributed by atoms with Crippen molar-refractivity contribution < 1.29 is 19.4 Å². The molecule has 0 aliphatic heterocycles. The molecule has 1 aliphatic rings. The second-order valence-electron chi connectivity index (χ2n) is 4.81. The summed E-state index contributed by atoms with van der Waals surface area (Å²) >= 11 is 0. The Labute approximate surface area is 111 Å². The first kappa shape index (κ1) is 13.4. The molecule has 0 unspecified atom stereocenters. The van der Waals surface area contributed by atoms with E-state index in [0.717, 1.165) is 12.4 Å². The van der Waals surface area contributed by atoms with E-state index in [9.17, 15) is 9.59 Å². The van der Waals surface area contributed by atoms with Gasteiger partial charge in [0, 0.05) is 5.56 Å². The molecule has 1 atom stereocenters. The maximum atomic E-state index is 11.7. The number of ether oxygens (including phenoxy) is 1. The summed E-state index contributed by atoms with van der Waals surface area (Å²) in [4.78, 5) is 22.4. The topological polar surface area (TPSA) is 75.6 Å². The first-order chi connectivity index (χ1) is 9.06. The molecule has 1 aromatic carbocycles. The molecule has 2 N–H and O–H groups in total. The first-order valence-electron chi connectivity index (χ1n) is 6.33. The van der Waals surface area contributed by atoms with Crippen LogP contribution in [0, 0.1) is 5.92 Å². The van der Waals surface area contributed by atoms with Gasteiger partial charge in [-0.05, 0) is 49.9 Å². The highest BCUT2D eigenvalue weighted by atomic mass is 16.5. The molecule has 1 fully saturated rings. The van der Waals surface area contributed by atoms with Crippen molar-refractivity contribution in [3.05, 3.63) is 29.8 Å². The summed E-state index contributed by atoms with van der Waals surface area (Å²) < 4.78 is 5.56. The van der Waals surface area contributed by atoms with Gasteiger partial charge in [-0.15, -0.1) is 0 Å². The lowest BCUT2D eigenvalue weighted by Gasteiger charge is -2.10. The minimum absolute atomic E-state index is 0.399. The number of benzene rings is 1. The van der Waals surface area contributed by atoms with Crippen LogP contribution in [0.1, 0.15) is 30.1 Å². The molecule has 102 valence electrons. The number of hydrogen-bond donors (Lipinski definition) is 2. The van der Waals surface area contributed by atoms with Gasteiger partial charge in [0.2, 0.25) is 0 Å². The van der Waals surface area contributed by atoms with E-state index < -0.39 is 17.9 Å². The highest BCUT2D eigenvalue weighted by molar-refractivity contribution is 5.96. The van der Waals surface area contributed by atoms with E-state index in [1.807, 2.05) is 0 Å². The molecule has 5 nitrogen and oxygen atoms in total. The van der Waals surface area contributed by atoms with Crippen molar-refractivity contribution in [3.8, 4) is 5.75 Å². The van der Waals surface area contributed by atoms with Crippen molar-refractivity contribution in [3.63, 3.8) is 0 Å². The number of rotatable bonds is 6. The van der Waals surface area contributed by atoms with Gasteiger partial charge in [0.1, 0.15) is 11.8 Å². The predicted molar refractivity (Wildman–Crippen MR) is 69.2 cm³/mol. The highest BCUT2D eigenvalue weighted by Gasteiger charge is 2.22. The fraction of sp³-hybridized carbons (Fsp3) is 0.429. The maximum Gasteiger partial charge on any atom is 0.325 e. The normalized spacial score (nSPS) is 15.6. The van der Waals surface area contributed by atoms with Crippen molar-refractivity contribution in [2.45, 2.75) is 25.8 Å². The predicted octanol–water partition coefficient (Wildman–Crippen LogP) is 1.68. The summed E-state index contributed by atoms with van der Waals surface area (Å²) in [6.07, 6.45) is 2.46. The monoisotopic (exact) mass is 263 g/mol. The number of carbonyl (C=O) groups is 2. The molecule has 1 aromatic rings. The molecule has 1 saturated carbocycles. The van der Waals surface area contributed by atoms with Gasteiger partial charge >= 0.3 is 5.97 Å². The fourth-order valence-electron chi connectivity index (χ4n) is 1.54. The number of hydrogen-bond acceptors (Lipinski definition) is 3. The van der Waals surface area contributed by atoms with E-state index in [2.05, 4.69) is 5.32 Å². The summed E-state index contributed by atoms with van der Waals surface area (Å²) in [5, 5.41) is 11.1. The van der Waals surface area contributed by atoms with Crippen molar-refractivity contribution in [1.29, 1.82) is 0 Å². The molecule has 1 aliphatic carbocycles. The zero-order valence-electron chi connectivity index (χ0n) is 10.8. The number of nitrogens with one attached hydrogen (secondary N) is 1. The van der Waals surface area contributed by atoms with Gasteiger partial charge < -0.3 is 15.2 Å². The number of amides is 1. The quantitative estimate of drug-likeness (QED) is 0.818. The highest BCUT2D eigenvalue weighted by Crippen LogP contribution is 2.29. The molecular weight excluding hydrogens is 246 g/mol. The van der Waals surface area contributed by atoms with Crippen LogP contribution in [0.2, 0.25) is 0 Å². The number of carbonyl (C=O) groups excluding carboxylic acids is 1. The molecule has 19 heavy (non-hydrogen) atoms. The Hall–Kier alpha value is -2.04. The molecule has 0 spiro atoms. The van der Waals surface area contributed by atoms with E-state index >= 15 is 0 Å². The molecule has 0 aromatic heterocycles. The van der Waals surface area contributed by atoms with Gasteiger partial charge in [-0.25, -0.2) is 0 Å². The summed E-state index contributed by atoms with van der Waals surface area (Å²) in [6.45, 7) is 2.15. The Morgan fingerprint density at radius 2 is 2.00 bits per heavy atom. The van der Waals surface area contributed by atoms with Crippen LogP contribution < -0.4 is 10.1 Å². The van der Waals surface area contributed by atoms with E-state index in [1.165, 1.54) is 19.8 Å². The lowest BCUT2D eigenvalue weighted by Crippen LogP contribution is -2.38. The van der Waals surface area contributed by atoms with Crippen molar-refractivity contribution >= 4 is 11.9 Å². The van der Waals surface area contributed by atoms with Crippen molar-refractivity contribution in [2.75, 3.05) is 6.61 Å². The molecule has 0 saturated heterocycles. The molecule has 0 radical (unpaired) electrons. The van der Waals surface area contributed by atoms with Crippen molar-refractivity contribution in [1.82, 2.24) is 5.32 Å². The van der Waals surface area contributed by atoms with Crippen LogP contribution in [-0.4, -0.2) is 29.6 Å². The zero-order chi connectivity index (χ0) is 13.8. The third-order valence-electron chi connectivity index (χ3n) is 3.02. The lowest BCUT2D eigenvalue weighted by molar-refractivity contribution is -0.138. The Morgan fingerprint density at radius 3 is 2.53 bits per heavy atom. The minimum Gasteiger partial charge on any atom is -0.493 e. The van der Waals surface area contributed by atoms with Crippen LogP contribution in [0.5, 0.6) is 5.75 Å². The Morgan fingerprint density at radius 1 is 1.37 bits per heavy atom. The summed E-state index contributed by atoms with van der Waals surface area (Å²) in [6, 6.07) is 5.81. The standard InChI is InChI=1S/C14H17NO4/c1-9(14(17)18)15-13(16)11-4-6-12(7-5-11)19-8-10-2-3-10/h4-7,9-10H,2-3,8H2,1H3,(H,15,16)(H,17,18)/t9-/m1/s1. The minimum atomic E-state index is -1.06. The number of aliphatic carboxylic acids is 1. The molecule has 1 amide bonds. The van der Waals surface area contributed by atoms with Crippen LogP contribution in [0.4, 0.5) is 0 Å².